The van der Waals surface area contributed by atoms with Gasteiger partial charge in [-0.1, -0.05) is 0 Å². The van der Waals surface area contributed by atoms with Crippen molar-refractivity contribution in [3.8, 4) is 5.75 Å². The van der Waals surface area contributed by atoms with E-state index in [4.69, 9.17) is 11.5 Å². The highest BCUT2D eigenvalue weighted by Crippen LogP contribution is 2.52. The fraction of sp³-hybridized carbons (Fsp3) is 0.444. The molecule has 1 fully saturated rings. The minimum Gasteiger partial charge on any atom is -0.510 e. The molecule has 0 spiro atoms. The molecule has 210 valence electrons. The number of rotatable bonds is 5. The zero-order valence-electron chi connectivity index (χ0n) is 21.8. The highest BCUT2D eigenvalue weighted by molar-refractivity contribution is 6.28. The summed E-state index contributed by atoms with van der Waals surface area (Å²) in [6, 6.07) is 0.0925. The third-order valence-corrected chi connectivity index (χ3v) is 7.69. The Morgan fingerprint density at radius 2 is 1.74 bits per heavy atom. The van der Waals surface area contributed by atoms with E-state index in [-0.39, 0.29) is 41.5 Å². The number of aliphatic hydroxyl groups excluding tert-OH is 2. The van der Waals surface area contributed by atoms with Crippen molar-refractivity contribution in [2.45, 2.75) is 44.7 Å². The van der Waals surface area contributed by atoms with Gasteiger partial charge in [0, 0.05) is 16.7 Å². The average molecular weight is 550 g/mol. The molecule has 0 aliphatic heterocycles. The number of fused-ring (bicyclic) bond motifs is 3. The molecule has 7 N–H and O–H groups in total. The van der Waals surface area contributed by atoms with E-state index in [1.54, 1.807) is 27.9 Å². The fourth-order valence-corrected chi connectivity index (χ4v) is 6.31. The van der Waals surface area contributed by atoms with Crippen molar-refractivity contribution in [3.63, 3.8) is 0 Å². The molecule has 0 heterocycles. The van der Waals surface area contributed by atoms with Gasteiger partial charge in [0.1, 0.15) is 22.8 Å². The van der Waals surface area contributed by atoms with Gasteiger partial charge in [0.05, 0.1) is 17.5 Å². The zero-order chi connectivity index (χ0) is 29.3. The maximum Gasteiger partial charge on any atom is 0.306 e. The second kappa shape index (κ2) is 9.53. The van der Waals surface area contributed by atoms with E-state index in [0.29, 0.717) is 0 Å². The molecule has 4 rings (SSSR count). The molecule has 1 aromatic rings. The highest BCUT2D eigenvalue weighted by atomic mass is 19.3. The molecule has 0 aromatic heterocycles. The van der Waals surface area contributed by atoms with Crippen LogP contribution in [0, 0.1) is 17.8 Å². The lowest BCUT2D eigenvalue weighted by Crippen LogP contribution is -2.55. The quantitative estimate of drug-likeness (QED) is 0.276. The van der Waals surface area contributed by atoms with Crippen LogP contribution in [0.5, 0.6) is 5.75 Å². The maximum absolute atomic E-state index is 14.8. The summed E-state index contributed by atoms with van der Waals surface area (Å²) in [6.07, 6.45) is -2.91. The van der Waals surface area contributed by atoms with Crippen molar-refractivity contribution in [1.29, 1.82) is 0 Å². The predicted octanol–water partition coefficient (Wildman–Crippen LogP) is 2.66. The third kappa shape index (κ3) is 4.51. The van der Waals surface area contributed by atoms with Gasteiger partial charge in [-0.05, 0) is 76.2 Å². The molecule has 12 heteroatoms. The summed E-state index contributed by atoms with van der Waals surface area (Å²) in [6.45, 7) is 3.20. The van der Waals surface area contributed by atoms with E-state index < -0.39 is 87.1 Å². The van der Waals surface area contributed by atoms with Gasteiger partial charge in [-0.25, -0.2) is 4.39 Å². The van der Waals surface area contributed by atoms with Crippen LogP contribution in [0.1, 0.15) is 42.5 Å². The molecule has 3 aliphatic carbocycles. The number of hydrogen-bond acceptors (Lipinski definition) is 8. The first-order valence-electron chi connectivity index (χ1n) is 12.3. The number of aliphatic hydroxyl groups is 2. The monoisotopic (exact) mass is 549 g/mol. The van der Waals surface area contributed by atoms with Crippen molar-refractivity contribution >= 4 is 29.1 Å². The summed E-state index contributed by atoms with van der Waals surface area (Å²) < 4.78 is 41.7. The largest absolute Gasteiger partial charge is 0.510 e. The van der Waals surface area contributed by atoms with Gasteiger partial charge in [0.2, 0.25) is 0 Å². The number of nitrogens with two attached hydrogens (primary N) is 2. The maximum atomic E-state index is 14.8. The van der Waals surface area contributed by atoms with Crippen LogP contribution in [-0.4, -0.2) is 63.4 Å². The molecule has 1 saturated carbocycles. The van der Waals surface area contributed by atoms with E-state index in [1.807, 2.05) is 0 Å². The Hall–Kier alpha value is -3.64. The lowest BCUT2D eigenvalue weighted by atomic mass is 9.59. The summed E-state index contributed by atoms with van der Waals surface area (Å²) in [5, 5.41) is 33.2. The van der Waals surface area contributed by atoms with Gasteiger partial charge in [-0.15, -0.1) is 0 Å². The van der Waals surface area contributed by atoms with Gasteiger partial charge in [-0.2, -0.15) is 8.78 Å². The lowest BCUT2D eigenvalue weighted by molar-refractivity contribution is -0.136. The number of Topliss-reactive ketones (excluding diaryl/α,β-unsaturated/α-hetero) is 2. The average Bonchev–Trinajstić information content (AvgIpc) is 2.78. The number of amides is 1. The molecule has 9 nitrogen and oxygen atoms in total. The Morgan fingerprint density at radius 3 is 2.26 bits per heavy atom. The SMILES string of the molecule is CN(C)[C@@H]1C(O)=C(C(N)=O)C(=O)C2C(=O)C3=C(O)c4c(O)c(CC(C)(C)N)cc(C(F)=C(F)F)c4CC3CC21. The van der Waals surface area contributed by atoms with Crippen molar-refractivity contribution in [2.75, 3.05) is 14.1 Å². The molecule has 0 radical (unpaired) electrons. The van der Waals surface area contributed by atoms with E-state index in [1.165, 1.54) is 4.90 Å². The number of aromatic hydroxyl groups is 1. The van der Waals surface area contributed by atoms with Gasteiger partial charge < -0.3 is 26.8 Å². The van der Waals surface area contributed by atoms with Crippen LogP contribution in [-0.2, 0) is 27.2 Å². The Labute approximate surface area is 222 Å². The van der Waals surface area contributed by atoms with Gasteiger partial charge in [0.25, 0.3) is 5.91 Å². The third-order valence-electron chi connectivity index (χ3n) is 7.69. The minimum absolute atomic E-state index is 0.00114. The van der Waals surface area contributed by atoms with Crippen LogP contribution >= 0.6 is 0 Å². The van der Waals surface area contributed by atoms with Crippen LogP contribution in [0.25, 0.3) is 11.6 Å². The van der Waals surface area contributed by atoms with Gasteiger partial charge >= 0.3 is 6.08 Å². The predicted molar refractivity (Wildman–Crippen MR) is 135 cm³/mol. The van der Waals surface area contributed by atoms with Crippen LogP contribution < -0.4 is 11.5 Å². The second-order valence-corrected chi connectivity index (χ2v) is 11.3. The van der Waals surface area contributed by atoms with E-state index in [2.05, 4.69) is 0 Å². The number of carbonyl (C=O) groups is 3. The molecule has 0 saturated heterocycles. The number of halogens is 3. The Kier molecular flexibility index (Phi) is 6.93. The van der Waals surface area contributed by atoms with Crippen LogP contribution in [0.3, 0.4) is 0 Å². The number of allylic oxidation sites excluding steroid dienone is 1. The van der Waals surface area contributed by atoms with Crippen molar-refractivity contribution in [1.82, 2.24) is 4.90 Å². The highest BCUT2D eigenvalue weighted by Gasteiger charge is 2.56. The minimum atomic E-state index is -2.60. The zero-order valence-corrected chi connectivity index (χ0v) is 21.8. The molecule has 3 aliphatic rings. The number of primary amides is 1. The normalized spacial score (nSPS) is 24.9. The number of ketones is 2. The Morgan fingerprint density at radius 1 is 1.13 bits per heavy atom. The number of hydrogen-bond donors (Lipinski definition) is 5. The second-order valence-electron chi connectivity index (χ2n) is 11.3. The van der Waals surface area contributed by atoms with Crippen LogP contribution in [0.4, 0.5) is 13.2 Å². The summed E-state index contributed by atoms with van der Waals surface area (Å²) in [7, 11) is 3.13. The Bertz CT molecular complexity index is 1400. The number of likely N-dealkylation sites (N-methyl/N-ethyl adjacent to an activating group) is 1. The topological polar surface area (TPSA) is 167 Å². The molecular formula is C27H30F3N3O6. The molecule has 1 amide bonds. The molecule has 0 bridgehead atoms. The van der Waals surface area contributed by atoms with Gasteiger partial charge in [0.15, 0.2) is 17.4 Å². The first kappa shape index (κ1) is 28.4. The molecular weight excluding hydrogens is 519 g/mol. The first-order chi connectivity index (χ1) is 18.0. The number of phenolic OH excluding ortho intramolecular Hbond substituents is 1. The summed E-state index contributed by atoms with van der Waals surface area (Å²) in [4.78, 5) is 40.6. The van der Waals surface area contributed by atoms with Crippen molar-refractivity contribution in [3.05, 3.63) is 51.3 Å². The molecule has 39 heavy (non-hydrogen) atoms. The van der Waals surface area contributed by atoms with Crippen molar-refractivity contribution < 1.29 is 42.9 Å². The number of nitrogens with zero attached hydrogens (tertiary/aromatic N) is 1. The summed E-state index contributed by atoms with van der Waals surface area (Å²) in [5.41, 5.74) is 8.38. The van der Waals surface area contributed by atoms with Crippen molar-refractivity contribution in [2.24, 2.45) is 29.2 Å². The molecule has 1 aromatic carbocycles. The number of phenols is 1. The standard InChI is InChI=1S/C27H30F3N3O6/c1-27(2,32)8-10-7-12(18(28)25(29)30)11-5-9-6-13-16(22(36)14(9)21(35)15(11)20(10)34)23(37)17(26(31)39)24(38)19(13)33(3)4/h7,9,13,16,19,34-35,38H,5-6,8,32H2,1-4H3,(H2,31,39)/t9?,13?,16?,19-/m0/s1. The summed E-state index contributed by atoms with van der Waals surface area (Å²) >= 11 is 0. The Balaban J connectivity index is 1.97. The van der Waals surface area contributed by atoms with E-state index >= 15 is 0 Å². The molecule has 3 unspecified atom stereocenters. The summed E-state index contributed by atoms with van der Waals surface area (Å²) in [5.74, 6) is -9.99. The smallest absolute Gasteiger partial charge is 0.306 e. The molecule has 4 atom stereocenters. The number of carbonyl (C=O) groups excluding carboxylic acids is 3. The van der Waals surface area contributed by atoms with Gasteiger partial charge in [-0.3, -0.25) is 19.3 Å². The fourth-order valence-electron chi connectivity index (χ4n) is 6.31. The lowest BCUT2D eigenvalue weighted by Gasteiger charge is -2.46. The van der Waals surface area contributed by atoms with E-state index in [0.717, 1.165) is 6.07 Å². The first-order valence-corrected chi connectivity index (χ1v) is 12.3. The van der Waals surface area contributed by atoms with Crippen LogP contribution in [0.2, 0.25) is 0 Å². The number of benzene rings is 1. The van der Waals surface area contributed by atoms with Crippen LogP contribution in [0.15, 0.2) is 29.1 Å². The van der Waals surface area contributed by atoms with E-state index in [9.17, 15) is 42.9 Å².